The number of rotatable bonds is 8. The largest absolute Gasteiger partial charge is 0.397 e. The fraction of sp³-hybridized carbons (Fsp3) is 0.625. The number of hydrogen-bond acceptors (Lipinski definition) is 4. The predicted molar refractivity (Wildman–Crippen MR) is 121 cm³/mol. The predicted octanol–water partition coefficient (Wildman–Crippen LogP) is 4.94. The molecule has 1 amide bonds. The Morgan fingerprint density at radius 2 is 1.76 bits per heavy atom. The first-order valence-electron chi connectivity index (χ1n) is 11.6. The van der Waals surface area contributed by atoms with Crippen molar-refractivity contribution in [2.45, 2.75) is 83.6 Å². The van der Waals surface area contributed by atoms with Crippen LogP contribution in [0.4, 0.5) is 13.2 Å². The van der Waals surface area contributed by atoms with E-state index in [1.54, 1.807) is 0 Å². The van der Waals surface area contributed by atoms with Gasteiger partial charge in [0.25, 0.3) is 0 Å². The highest BCUT2D eigenvalue weighted by molar-refractivity contribution is 5.77. The van der Waals surface area contributed by atoms with E-state index in [0.717, 1.165) is 43.1 Å². The molecule has 1 aliphatic rings. The second kappa shape index (κ2) is 10.7. The van der Waals surface area contributed by atoms with Gasteiger partial charge in [-0.25, -0.2) is 0 Å². The number of likely N-dealkylation sites (tertiary alicyclic amines) is 1. The van der Waals surface area contributed by atoms with Crippen molar-refractivity contribution in [3.63, 3.8) is 0 Å². The van der Waals surface area contributed by atoms with Gasteiger partial charge in [0.15, 0.2) is 0 Å². The molecule has 0 spiro atoms. The van der Waals surface area contributed by atoms with Crippen molar-refractivity contribution in [1.29, 1.82) is 0 Å². The van der Waals surface area contributed by atoms with Crippen LogP contribution in [0.1, 0.15) is 81.7 Å². The van der Waals surface area contributed by atoms with Gasteiger partial charge in [-0.3, -0.25) is 4.79 Å². The van der Waals surface area contributed by atoms with Crippen LogP contribution in [0.2, 0.25) is 0 Å². The highest BCUT2D eigenvalue weighted by atomic mass is 19.4. The van der Waals surface area contributed by atoms with Gasteiger partial charge in [0.2, 0.25) is 5.91 Å². The molecule has 0 radical (unpaired) electrons. The number of piperidine rings is 1. The topological polar surface area (TPSA) is 63.1 Å². The number of halogens is 3. The third-order valence-corrected chi connectivity index (χ3v) is 6.37. The van der Waals surface area contributed by atoms with Crippen molar-refractivity contribution in [2.24, 2.45) is 0 Å². The molecule has 33 heavy (non-hydrogen) atoms. The zero-order valence-electron chi connectivity index (χ0n) is 19.8. The first-order valence-corrected chi connectivity index (χ1v) is 11.6. The van der Waals surface area contributed by atoms with Crippen molar-refractivity contribution in [3.8, 4) is 0 Å². The zero-order chi connectivity index (χ0) is 24.2. The van der Waals surface area contributed by atoms with Crippen LogP contribution in [0.5, 0.6) is 0 Å². The minimum Gasteiger partial charge on any atom is -0.349 e. The maximum Gasteiger partial charge on any atom is 0.397 e. The highest BCUT2D eigenvalue weighted by Crippen LogP contribution is 2.30. The Bertz CT molecular complexity index is 905. The van der Waals surface area contributed by atoms with Crippen LogP contribution in [0.25, 0.3) is 0 Å². The van der Waals surface area contributed by atoms with Gasteiger partial charge in [-0.2, -0.15) is 13.2 Å². The second-order valence-corrected chi connectivity index (χ2v) is 9.30. The van der Waals surface area contributed by atoms with Gasteiger partial charge in [-0.15, -0.1) is 10.2 Å². The summed E-state index contributed by atoms with van der Waals surface area (Å²) in [4.78, 5) is 14.4. The Morgan fingerprint density at radius 1 is 1.12 bits per heavy atom. The summed E-state index contributed by atoms with van der Waals surface area (Å²) in [7, 11) is 0. The number of nitrogens with one attached hydrogen (secondary N) is 1. The van der Waals surface area contributed by atoms with Crippen LogP contribution in [-0.2, 0) is 4.79 Å². The summed E-state index contributed by atoms with van der Waals surface area (Å²) in [6, 6.07) is 9.20. The molecule has 0 saturated carbocycles. The molecule has 0 bridgehead atoms. The number of benzene rings is 1. The molecule has 3 rings (SSSR count). The molecule has 1 aromatic carbocycles. The van der Waals surface area contributed by atoms with Crippen LogP contribution in [-0.4, -0.2) is 50.9 Å². The molecule has 1 aliphatic heterocycles. The van der Waals surface area contributed by atoms with E-state index < -0.39 is 24.5 Å². The number of hydrogen-bond donors (Lipinski definition) is 1. The molecular formula is C24H34F3N5O. The van der Waals surface area contributed by atoms with Crippen molar-refractivity contribution in [2.75, 3.05) is 13.1 Å². The van der Waals surface area contributed by atoms with Crippen LogP contribution in [0.3, 0.4) is 0 Å². The zero-order valence-corrected chi connectivity index (χ0v) is 19.8. The molecule has 1 aromatic heterocycles. The number of aryl methyl sites for hydroxylation is 1. The highest BCUT2D eigenvalue weighted by Gasteiger charge is 2.33. The lowest BCUT2D eigenvalue weighted by Crippen LogP contribution is -2.43. The molecular weight excluding hydrogens is 431 g/mol. The molecule has 6 nitrogen and oxygen atoms in total. The van der Waals surface area contributed by atoms with Crippen molar-refractivity contribution in [1.82, 2.24) is 25.0 Å². The van der Waals surface area contributed by atoms with Crippen molar-refractivity contribution >= 4 is 5.91 Å². The van der Waals surface area contributed by atoms with Crippen LogP contribution < -0.4 is 5.32 Å². The molecule has 182 valence electrons. The average Bonchev–Trinajstić information content (AvgIpc) is 3.14. The lowest BCUT2D eigenvalue weighted by Gasteiger charge is -2.38. The summed E-state index contributed by atoms with van der Waals surface area (Å²) in [6.07, 6.45) is -3.53. The number of nitrogens with zero attached hydrogens (tertiary/aromatic N) is 4. The molecule has 0 aliphatic carbocycles. The van der Waals surface area contributed by atoms with Gasteiger partial charge in [-0.05, 0) is 38.7 Å². The molecule has 2 atom stereocenters. The Morgan fingerprint density at radius 3 is 2.33 bits per heavy atom. The van der Waals surface area contributed by atoms with Crippen LogP contribution in [0.15, 0.2) is 30.3 Å². The first-order chi connectivity index (χ1) is 15.5. The quantitative estimate of drug-likeness (QED) is 0.600. The minimum absolute atomic E-state index is 0.105. The van der Waals surface area contributed by atoms with Gasteiger partial charge in [0.1, 0.15) is 18.1 Å². The van der Waals surface area contributed by atoms with Gasteiger partial charge in [0, 0.05) is 31.1 Å². The maximum absolute atomic E-state index is 12.7. The Labute approximate surface area is 193 Å². The first kappa shape index (κ1) is 25.2. The summed E-state index contributed by atoms with van der Waals surface area (Å²) in [6.45, 7) is 10.1. The van der Waals surface area contributed by atoms with Gasteiger partial charge >= 0.3 is 6.18 Å². The molecule has 2 heterocycles. The summed E-state index contributed by atoms with van der Waals surface area (Å²) >= 11 is 0. The van der Waals surface area contributed by atoms with Crippen LogP contribution >= 0.6 is 0 Å². The van der Waals surface area contributed by atoms with E-state index in [-0.39, 0.29) is 6.04 Å². The van der Waals surface area contributed by atoms with E-state index in [1.807, 2.05) is 37.3 Å². The van der Waals surface area contributed by atoms with E-state index in [1.165, 1.54) is 0 Å². The van der Waals surface area contributed by atoms with E-state index >= 15 is 0 Å². The van der Waals surface area contributed by atoms with Gasteiger partial charge in [-0.1, -0.05) is 44.2 Å². The number of alkyl halides is 3. The summed E-state index contributed by atoms with van der Waals surface area (Å²) < 4.78 is 40.3. The Hall–Kier alpha value is -2.42. The third kappa shape index (κ3) is 6.79. The fourth-order valence-corrected chi connectivity index (χ4v) is 4.70. The summed E-state index contributed by atoms with van der Waals surface area (Å²) in [5.74, 6) is 1.25. The second-order valence-electron chi connectivity index (χ2n) is 9.30. The lowest BCUT2D eigenvalue weighted by atomic mass is 9.96. The van der Waals surface area contributed by atoms with E-state index in [0.29, 0.717) is 18.4 Å². The van der Waals surface area contributed by atoms with E-state index in [2.05, 4.69) is 45.8 Å². The molecule has 1 fully saturated rings. The number of carbonyl (C=O) groups is 1. The maximum atomic E-state index is 12.7. The van der Waals surface area contributed by atoms with Crippen molar-refractivity contribution < 1.29 is 18.0 Å². The van der Waals surface area contributed by atoms with Gasteiger partial charge in [0.05, 0.1) is 6.04 Å². The minimum atomic E-state index is -4.52. The standard InChI is InChI=1S/C24H34F3N5O/c1-16(2)23-30-29-18(4)32(23)20-10-12-31(13-11-20)17(3)14-21(19-8-6-5-7-9-19)28-22(33)15-24(25,26)27/h5-9,16-17,20-21H,10-15H2,1-4H3,(H,28,33)/t17?,21-/m0/s1. The average molecular weight is 466 g/mol. The van der Waals surface area contributed by atoms with E-state index in [4.69, 9.17) is 0 Å². The molecule has 1 saturated heterocycles. The monoisotopic (exact) mass is 465 g/mol. The Balaban J connectivity index is 1.64. The van der Waals surface area contributed by atoms with Crippen LogP contribution in [0, 0.1) is 6.92 Å². The lowest BCUT2D eigenvalue weighted by molar-refractivity contribution is -0.154. The summed E-state index contributed by atoms with van der Waals surface area (Å²) in [5.41, 5.74) is 0.816. The van der Waals surface area contributed by atoms with Gasteiger partial charge < -0.3 is 14.8 Å². The number of aromatic nitrogens is 3. The number of amides is 1. The summed E-state index contributed by atoms with van der Waals surface area (Å²) in [5, 5.41) is 11.2. The Kier molecular flexibility index (Phi) is 8.15. The SMILES string of the molecule is Cc1nnc(C(C)C)n1C1CCN(C(C)C[C@H](NC(=O)CC(F)(F)F)c2ccccc2)CC1. The smallest absolute Gasteiger partial charge is 0.349 e. The molecule has 1 unspecified atom stereocenters. The fourth-order valence-electron chi connectivity index (χ4n) is 4.70. The van der Waals surface area contributed by atoms with E-state index in [9.17, 15) is 18.0 Å². The third-order valence-electron chi connectivity index (χ3n) is 6.37. The van der Waals surface area contributed by atoms with Crippen molar-refractivity contribution in [3.05, 3.63) is 47.5 Å². The molecule has 9 heteroatoms. The molecule has 2 aromatic rings. The normalized spacial score (nSPS) is 17.8. The molecule has 1 N–H and O–H groups in total. The number of carbonyl (C=O) groups excluding carboxylic acids is 1.